The monoisotopic (exact) mass is 389 g/mol. The number of nitrogens with zero attached hydrogens (tertiary/aromatic N) is 2. The first kappa shape index (κ1) is 19.2. The van der Waals surface area contributed by atoms with E-state index in [4.69, 9.17) is 9.47 Å². The minimum absolute atomic E-state index is 0.0249. The molecule has 1 aliphatic heterocycles. The maximum atomic E-state index is 12.4. The Morgan fingerprint density at radius 1 is 1.37 bits per heavy atom. The average Bonchev–Trinajstić information content (AvgIpc) is 3.21. The molecule has 2 amide bonds. The van der Waals surface area contributed by atoms with E-state index in [2.05, 4.69) is 9.69 Å². The predicted octanol–water partition coefficient (Wildman–Crippen LogP) is 2.81. The van der Waals surface area contributed by atoms with Crippen LogP contribution >= 0.6 is 11.5 Å². The summed E-state index contributed by atoms with van der Waals surface area (Å²) in [5, 5.41) is 2.74. The molecule has 0 radical (unpaired) electrons. The van der Waals surface area contributed by atoms with E-state index in [0.29, 0.717) is 36.9 Å². The van der Waals surface area contributed by atoms with Gasteiger partial charge in [-0.1, -0.05) is 6.07 Å². The number of rotatable bonds is 7. The van der Waals surface area contributed by atoms with E-state index in [1.54, 1.807) is 12.0 Å². The molecule has 0 bridgehead atoms. The lowest BCUT2D eigenvalue weighted by Crippen LogP contribution is -2.34. The molecule has 2 heterocycles. The van der Waals surface area contributed by atoms with Gasteiger partial charge in [-0.25, -0.2) is 0 Å². The number of methoxy groups -OCH3 is 1. The van der Waals surface area contributed by atoms with Gasteiger partial charge in [-0.15, -0.1) is 0 Å². The Morgan fingerprint density at radius 2 is 2.19 bits per heavy atom. The summed E-state index contributed by atoms with van der Waals surface area (Å²) in [4.78, 5) is 27.2. The van der Waals surface area contributed by atoms with Crippen molar-refractivity contribution in [3.63, 3.8) is 0 Å². The molecular weight excluding hydrogens is 366 g/mol. The van der Waals surface area contributed by atoms with Crippen LogP contribution in [0.1, 0.15) is 29.7 Å². The molecule has 0 saturated carbocycles. The van der Waals surface area contributed by atoms with Gasteiger partial charge in [0, 0.05) is 23.8 Å². The molecule has 0 unspecified atom stereocenters. The van der Waals surface area contributed by atoms with E-state index in [1.165, 1.54) is 11.5 Å². The quantitative estimate of drug-likeness (QED) is 0.788. The molecule has 1 aromatic carbocycles. The van der Waals surface area contributed by atoms with Gasteiger partial charge in [-0.3, -0.25) is 9.59 Å². The molecule has 1 fully saturated rings. The molecular formula is C19H23N3O4S. The van der Waals surface area contributed by atoms with Gasteiger partial charge < -0.3 is 19.7 Å². The fraction of sp³-hybridized carbons (Fsp3) is 0.421. The number of nitrogens with one attached hydrogen (secondary N) is 1. The molecule has 2 aromatic rings. The van der Waals surface area contributed by atoms with Gasteiger partial charge in [0.15, 0.2) is 11.5 Å². The topological polar surface area (TPSA) is 80.8 Å². The van der Waals surface area contributed by atoms with Gasteiger partial charge in [-0.2, -0.15) is 4.37 Å². The van der Waals surface area contributed by atoms with Gasteiger partial charge in [0.25, 0.3) is 0 Å². The smallest absolute Gasteiger partial charge is 0.245 e. The lowest BCUT2D eigenvalue weighted by Gasteiger charge is -2.17. The lowest BCUT2D eigenvalue weighted by molar-refractivity contribution is -0.131. The second-order valence-corrected chi connectivity index (χ2v) is 7.40. The van der Waals surface area contributed by atoms with Crippen LogP contribution in [0.3, 0.4) is 0 Å². The van der Waals surface area contributed by atoms with E-state index in [9.17, 15) is 9.59 Å². The largest absolute Gasteiger partial charge is 0.493 e. The van der Waals surface area contributed by atoms with E-state index in [0.717, 1.165) is 10.4 Å². The number of aryl methyl sites for hydroxylation is 1. The Kier molecular flexibility index (Phi) is 5.95. The fourth-order valence-corrected chi connectivity index (χ4v) is 3.65. The van der Waals surface area contributed by atoms with Gasteiger partial charge in [-0.05, 0) is 49.1 Å². The van der Waals surface area contributed by atoms with E-state index >= 15 is 0 Å². The summed E-state index contributed by atoms with van der Waals surface area (Å²) < 4.78 is 15.1. The van der Waals surface area contributed by atoms with E-state index < -0.39 is 0 Å². The maximum absolute atomic E-state index is 12.4. The molecule has 1 aliphatic rings. The standard InChI is InChI=1S/C19H23N3O4S/c1-4-26-16-8-13(5-6-15(16)25-3)14-9-19(24)22(10-14)11-18(23)20-17-7-12(2)27-21-17/h5-8,14H,4,9-11H2,1-3H3,(H,20,21,23)/t14-/m1/s1. The van der Waals surface area contributed by atoms with Crippen LogP contribution in [0.4, 0.5) is 5.82 Å². The molecule has 27 heavy (non-hydrogen) atoms. The van der Waals surface area contributed by atoms with E-state index in [-0.39, 0.29) is 24.3 Å². The van der Waals surface area contributed by atoms with Crippen molar-refractivity contribution in [1.29, 1.82) is 0 Å². The summed E-state index contributed by atoms with van der Waals surface area (Å²) in [5.41, 5.74) is 1.01. The van der Waals surface area contributed by atoms with Crippen molar-refractivity contribution >= 4 is 29.2 Å². The zero-order valence-electron chi connectivity index (χ0n) is 15.7. The number of benzene rings is 1. The van der Waals surface area contributed by atoms with Crippen molar-refractivity contribution in [2.75, 3.05) is 32.1 Å². The fourth-order valence-electron chi connectivity index (χ4n) is 3.14. The highest BCUT2D eigenvalue weighted by Gasteiger charge is 2.32. The summed E-state index contributed by atoms with van der Waals surface area (Å²) >= 11 is 1.33. The van der Waals surface area contributed by atoms with Crippen LogP contribution in [0.2, 0.25) is 0 Å². The van der Waals surface area contributed by atoms with Crippen LogP contribution in [-0.4, -0.2) is 47.9 Å². The van der Waals surface area contributed by atoms with Crippen LogP contribution in [0, 0.1) is 6.92 Å². The van der Waals surface area contributed by atoms with Gasteiger partial charge in [0.05, 0.1) is 20.3 Å². The molecule has 7 nitrogen and oxygen atoms in total. The Bertz CT molecular complexity index is 836. The Balaban J connectivity index is 1.64. The van der Waals surface area contributed by atoms with Crippen molar-refractivity contribution in [3.8, 4) is 11.5 Å². The highest BCUT2D eigenvalue weighted by molar-refractivity contribution is 7.06. The summed E-state index contributed by atoms with van der Waals surface area (Å²) in [7, 11) is 1.60. The van der Waals surface area contributed by atoms with Crippen LogP contribution < -0.4 is 14.8 Å². The minimum atomic E-state index is -0.237. The summed E-state index contributed by atoms with van der Waals surface area (Å²) in [6, 6.07) is 7.53. The molecule has 1 atom stereocenters. The lowest BCUT2D eigenvalue weighted by atomic mass is 9.98. The highest BCUT2D eigenvalue weighted by Crippen LogP contribution is 2.35. The number of hydrogen-bond acceptors (Lipinski definition) is 6. The number of ether oxygens (including phenoxy) is 2. The molecule has 1 saturated heterocycles. The van der Waals surface area contributed by atoms with Crippen molar-refractivity contribution in [2.24, 2.45) is 0 Å². The number of amides is 2. The highest BCUT2D eigenvalue weighted by atomic mass is 32.1. The van der Waals surface area contributed by atoms with E-state index in [1.807, 2.05) is 38.1 Å². The Morgan fingerprint density at radius 3 is 2.85 bits per heavy atom. The summed E-state index contributed by atoms with van der Waals surface area (Å²) in [6.07, 6.45) is 0.376. The first-order chi connectivity index (χ1) is 13.0. The van der Waals surface area contributed by atoms with Gasteiger partial charge in [0.1, 0.15) is 5.82 Å². The first-order valence-electron chi connectivity index (χ1n) is 8.81. The van der Waals surface area contributed by atoms with Gasteiger partial charge in [0.2, 0.25) is 11.8 Å². The third-order valence-electron chi connectivity index (χ3n) is 4.40. The van der Waals surface area contributed by atoms with Crippen LogP contribution in [0.25, 0.3) is 0 Å². The molecule has 1 N–H and O–H groups in total. The summed E-state index contributed by atoms with van der Waals surface area (Å²) in [6.45, 7) is 4.90. The number of aromatic nitrogens is 1. The Labute approximate surface area is 162 Å². The van der Waals surface area contributed by atoms with Crippen LogP contribution in [0.5, 0.6) is 11.5 Å². The Hall–Kier alpha value is -2.61. The number of anilines is 1. The van der Waals surface area contributed by atoms with Gasteiger partial charge >= 0.3 is 0 Å². The maximum Gasteiger partial charge on any atom is 0.245 e. The molecule has 0 aliphatic carbocycles. The zero-order chi connectivity index (χ0) is 19.4. The zero-order valence-corrected chi connectivity index (χ0v) is 16.5. The average molecular weight is 389 g/mol. The van der Waals surface area contributed by atoms with Crippen LogP contribution in [-0.2, 0) is 9.59 Å². The molecule has 1 aromatic heterocycles. The second kappa shape index (κ2) is 8.39. The van der Waals surface area contributed by atoms with Crippen molar-refractivity contribution in [2.45, 2.75) is 26.2 Å². The predicted molar refractivity (Wildman–Crippen MR) is 104 cm³/mol. The number of hydrogen-bond donors (Lipinski definition) is 1. The molecule has 144 valence electrons. The third kappa shape index (κ3) is 4.57. The van der Waals surface area contributed by atoms with Crippen molar-refractivity contribution < 1.29 is 19.1 Å². The number of carbonyl (C=O) groups excluding carboxylic acids is 2. The molecule has 3 rings (SSSR count). The second-order valence-electron chi connectivity index (χ2n) is 6.39. The SMILES string of the molecule is CCOc1cc([C@@H]2CC(=O)N(CC(=O)Nc3cc(C)sn3)C2)ccc1OC. The number of carbonyl (C=O) groups is 2. The van der Waals surface area contributed by atoms with Crippen molar-refractivity contribution in [3.05, 3.63) is 34.7 Å². The first-order valence-corrected chi connectivity index (χ1v) is 9.59. The molecule has 0 spiro atoms. The number of likely N-dealkylation sites (tertiary alicyclic amines) is 1. The summed E-state index contributed by atoms with van der Waals surface area (Å²) in [5.74, 6) is 1.62. The minimum Gasteiger partial charge on any atom is -0.493 e. The van der Waals surface area contributed by atoms with Crippen molar-refractivity contribution in [1.82, 2.24) is 9.27 Å². The van der Waals surface area contributed by atoms with Crippen LogP contribution in [0.15, 0.2) is 24.3 Å². The third-order valence-corrected chi connectivity index (χ3v) is 5.10. The molecule has 8 heteroatoms. The normalized spacial score (nSPS) is 16.5.